The van der Waals surface area contributed by atoms with Gasteiger partial charge >= 0.3 is 0 Å². The van der Waals surface area contributed by atoms with Gasteiger partial charge in [0.25, 0.3) is 0 Å². The molecule has 0 spiro atoms. The van der Waals surface area contributed by atoms with Crippen molar-refractivity contribution in [1.82, 2.24) is 0 Å². The van der Waals surface area contributed by atoms with Crippen LogP contribution in [0.3, 0.4) is 0 Å². The zero-order valence-electron chi connectivity index (χ0n) is 10.1. The number of ether oxygens (including phenoxy) is 1. The first kappa shape index (κ1) is 11.9. The zero-order valence-corrected chi connectivity index (χ0v) is 10.1. The van der Waals surface area contributed by atoms with Gasteiger partial charge in [-0.15, -0.1) is 0 Å². The summed E-state index contributed by atoms with van der Waals surface area (Å²) in [6.07, 6.45) is 0. The highest BCUT2D eigenvalue weighted by Crippen LogP contribution is 2.26. The van der Waals surface area contributed by atoms with Crippen LogP contribution in [0.25, 0.3) is 0 Å². The molecule has 0 bridgehead atoms. The summed E-state index contributed by atoms with van der Waals surface area (Å²) in [5.41, 5.74) is 7.91. The summed E-state index contributed by atoms with van der Waals surface area (Å²) >= 11 is 0. The maximum absolute atomic E-state index is 5.92. The van der Waals surface area contributed by atoms with Crippen molar-refractivity contribution in [3.8, 4) is 5.75 Å². The van der Waals surface area contributed by atoms with Crippen molar-refractivity contribution in [2.45, 2.75) is 33.6 Å². The Morgan fingerprint density at radius 3 is 2.33 bits per heavy atom. The van der Waals surface area contributed by atoms with Gasteiger partial charge in [-0.2, -0.15) is 0 Å². The second-order valence-electron chi connectivity index (χ2n) is 4.66. The Morgan fingerprint density at radius 2 is 1.87 bits per heavy atom. The van der Waals surface area contributed by atoms with Gasteiger partial charge in [-0.25, -0.2) is 0 Å². The first-order valence-electron chi connectivity index (χ1n) is 5.53. The van der Waals surface area contributed by atoms with Crippen LogP contribution < -0.4 is 10.5 Å². The van der Waals surface area contributed by atoms with Crippen molar-refractivity contribution in [3.63, 3.8) is 0 Å². The molecule has 0 amide bonds. The molecular formula is C13H21NO. The van der Waals surface area contributed by atoms with E-state index >= 15 is 0 Å². The Morgan fingerprint density at radius 1 is 1.20 bits per heavy atom. The summed E-state index contributed by atoms with van der Waals surface area (Å²) in [6.45, 7) is 9.27. The van der Waals surface area contributed by atoms with Crippen LogP contribution in [-0.4, -0.2) is 6.61 Å². The largest absolute Gasteiger partial charge is 0.491 e. The molecule has 1 aromatic carbocycles. The van der Waals surface area contributed by atoms with E-state index < -0.39 is 0 Å². The molecule has 0 aromatic heterocycles. The van der Waals surface area contributed by atoms with E-state index in [1.54, 1.807) is 0 Å². The van der Waals surface area contributed by atoms with Crippen LogP contribution in [0, 0.1) is 5.92 Å². The van der Waals surface area contributed by atoms with E-state index in [1.165, 1.54) is 5.56 Å². The predicted molar refractivity (Wildman–Crippen MR) is 65.3 cm³/mol. The lowest BCUT2D eigenvalue weighted by Crippen LogP contribution is -2.06. The average molecular weight is 207 g/mol. The van der Waals surface area contributed by atoms with Crippen molar-refractivity contribution >= 4 is 5.69 Å². The molecule has 15 heavy (non-hydrogen) atoms. The molecule has 2 N–H and O–H groups in total. The number of hydrogen-bond donors (Lipinski definition) is 1. The Labute approximate surface area is 92.4 Å². The molecule has 0 aliphatic rings. The quantitative estimate of drug-likeness (QED) is 0.768. The number of anilines is 1. The number of benzene rings is 1. The van der Waals surface area contributed by atoms with Crippen molar-refractivity contribution in [2.24, 2.45) is 5.92 Å². The molecule has 0 saturated carbocycles. The van der Waals surface area contributed by atoms with Gasteiger partial charge in [0, 0.05) is 0 Å². The van der Waals surface area contributed by atoms with Crippen LogP contribution >= 0.6 is 0 Å². The molecule has 2 heteroatoms. The molecule has 0 aliphatic heterocycles. The summed E-state index contributed by atoms with van der Waals surface area (Å²) in [6, 6.07) is 6.05. The van der Waals surface area contributed by atoms with Crippen molar-refractivity contribution in [3.05, 3.63) is 23.8 Å². The third kappa shape index (κ3) is 3.46. The Balaban J connectivity index is 2.75. The Hall–Kier alpha value is -1.18. The monoisotopic (exact) mass is 207 g/mol. The fraction of sp³-hybridized carbons (Fsp3) is 0.538. The van der Waals surface area contributed by atoms with Crippen molar-refractivity contribution in [2.75, 3.05) is 12.3 Å². The van der Waals surface area contributed by atoms with Gasteiger partial charge in [0.1, 0.15) is 5.75 Å². The van der Waals surface area contributed by atoms with E-state index in [9.17, 15) is 0 Å². The fourth-order valence-electron chi connectivity index (χ4n) is 1.31. The summed E-state index contributed by atoms with van der Waals surface area (Å²) in [5, 5.41) is 0. The number of rotatable bonds is 4. The Bertz CT molecular complexity index is 318. The SMILES string of the molecule is CC(C)COc1ccc(C(C)C)cc1N. The Kier molecular flexibility index (Phi) is 4.01. The minimum Gasteiger partial charge on any atom is -0.491 e. The van der Waals surface area contributed by atoms with E-state index in [-0.39, 0.29) is 0 Å². The smallest absolute Gasteiger partial charge is 0.142 e. The van der Waals surface area contributed by atoms with E-state index in [2.05, 4.69) is 33.8 Å². The predicted octanol–water partition coefficient (Wildman–Crippen LogP) is 3.43. The maximum Gasteiger partial charge on any atom is 0.142 e. The van der Waals surface area contributed by atoms with Crippen LogP contribution in [0.4, 0.5) is 5.69 Å². The number of nitrogen functional groups attached to an aromatic ring is 1. The third-order valence-electron chi connectivity index (χ3n) is 2.27. The first-order valence-corrected chi connectivity index (χ1v) is 5.53. The van der Waals surface area contributed by atoms with Gasteiger partial charge in [0.05, 0.1) is 12.3 Å². The zero-order chi connectivity index (χ0) is 11.4. The van der Waals surface area contributed by atoms with E-state index in [0.29, 0.717) is 18.4 Å². The highest BCUT2D eigenvalue weighted by Gasteiger charge is 2.05. The van der Waals surface area contributed by atoms with Gasteiger partial charge in [0.15, 0.2) is 0 Å². The summed E-state index contributed by atoms with van der Waals surface area (Å²) < 4.78 is 5.61. The standard InChI is InChI=1S/C13H21NO/c1-9(2)8-15-13-6-5-11(10(3)4)7-12(13)14/h5-7,9-10H,8,14H2,1-4H3. The van der Waals surface area contributed by atoms with Crippen LogP contribution in [-0.2, 0) is 0 Å². The van der Waals surface area contributed by atoms with Gasteiger partial charge in [0.2, 0.25) is 0 Å². The van der Waals surface area contributed by atoms with Gasteiger partial charge in [-0.05, 0) is 29.5 Å². The van der Waals surface area contributed by atoms with Gasteiger partial charge in [-0.1, -0.05) is 33.8 Å². The topological polar surface area (TPSA) is 35.2 Å². The molecular weight excluding hydrogens is 186 g/mol. The maximum atomic E-state index is 5.92. The van der Waals surface area contributed by atoms with E-state index in [4.69, 9.17) is 10.5 Å². The highest BCUT2D eigenvalue weighted by atomic mass is 16.5. The molecule has 0 heterocycles. The van der Waals surface area contributed by atoms with Crippen LogP contribution in [0.2, 0.25) is 0 Å². The summed E-state index contributed by atoms with van der Waals surface area (Å²) in [7, 11) is 0. The van der Waals surface area contributed by atoms with Crippen LogP contribution in [0.5, 0.6) is 5.75 Å². The molecule has 0 radical (unpaired) electrons. The van der Waals surface area contributed by atoms with Crippen molar-refractivity contribution in [1.29, 1.82) is 0 Å². The second kappa shape index (κ2) is 5.06. The minimum atomic E-state index is 0.506. The molecule has 1 aromatic rings. The lowest BCUT2D eigenvalue weighted by Gasteiger charge is -2.13. The van der Waals surface area contributed by atoms with E-state index in [0.717, 1.165) is 11.4 Å². The molecule has 84 valence electrons. The van der Waals surface area contributed by atoms with Gasteiger partial charge < -0.3 is 10.5 Å². The molecule has 0 fully saturated rings. The third-order valence-corrected chi connectivity index (χ3v) is 2.27. The van der Waals surface area contributed by atoms with E-state index in [1.807, 2.05) is 12.1 Å². The lowest BCUT2D eigenvalue weighted by atomic mass is 10.0. The van der Waals surface area contributed by atoms with Crippen molar-refractivity contribution < 1.29 is 4.74 Å². The highest BCUT2D eigenvalue weighted by molar-refractivity contribution is 5.54. The molecule has 0 unspecified atom stereocenters. The first-order chi connectivity index (χ1) is 7.00. The summed E-state index contributed by atoms with van der Waals surface area (Å²) in [5.74, 6) is 1.83. The van der Waals surface area contributed by atoms with Crippen LogP contribution in [0.15, 0.2) is 18.2 Å². The average Bonchev–Trinajstić information content (AvgIpc) is 2.15. The minimum absolute atomic E-state index is 0.506. The number of nitrogens with two attached hydrogens (primary N) is 1. The van der Waals surface area contributed by atoms with Crippen LogP contribution in [0.1, 0.15) is 39.2 Å². The molecule has 1 rings (SSSR count). The fourth-order valence-corrected chi connectivity index (χ4v) is 1.31. The van der Waals surface area contributed by atoms with Gasteiger partial charge in [-0.3, -0.25) is 0 Å². The summed E-state index contributed by atoms with van der Waals surface area (Å²) in [4.78, 5) is 0. The lowest BCUT2D eigenvalue weighted by molar-refractivity contribution is 0.272. The molecule has 2 nitrogen and oxygen atoms in total. The molecule has 0 aliphatic carbocycles. The molecule has 0 saturated heterocycles. The number of hydrogen-bond acceptors (Lipinski definition) is 2. The molecule has 0 atom stereocenters. The second-order valence-corrected chi connectivity index (χ2v) is 4.66. The normalized spacial score (nSPS) is 11.1.